The van der Waals surface area contributed by atoms with Crippen LogP contribution in [-0.4, -0.2) is 23.1 Å². The fourth-order valence-electron chi connectivity index (χ4n) is 2.49. The Balaban J connectivity index is 1.62. The van der Waals surface area contributed by atoms with Gasteiger partial charge in [-0.3, -0.25) is 4.79 Å². The van der Waals surface area contributed by atoms with Crippen molar-refractivity contribution in [1.82, 2.24) is 5.32 Å². The lowest BCUT2D eigenvalue weighted by atomic mass is 10.1. The third-order valence-corrected chi connectivity index (χ3v) is 3.65. The quantitative estimate of drug-likeness (QED) is 0.906. The molecule has 0 bridgehead atoms. The lowest BCUT2D eigenvalue weighted by molar-refractivity contribution is -0.127. The van der Waals surface area contributed by atoms with Crippen LogP contribution in [0.1, 0.15) is 21.5 Å². The number of aromatic carboxylic acids is 1. The highest BCUT2D eigenvalue weighted by Gasteiger charge is 2.30. The van der Waals surface area contributed by atoms with Crippen LogP contribution in [0.3, 0.4) is 0 Å². The number of hydrogen-bond donors (Lipinski definition) is 2. The molecule has 1 amide bonds. The highest BCUT2D eigenvalue weighted by molar-refractivity contribution is 5.87. The molecule has 0 fully saturated rings. The Bertz CT molecular complexity index is 775. The predicted octanol–water partition coefficient (Wildman–Crippen LogP) is 2.14. The zero-order chi connectivity index (χ0) is 16.4. The predicted molar refractivity (Wildman–Crippen MR) is 79.8 cm³/mol. The van der Waals surface area contributed by atoms with Crippen LogP contribution in [0.2, 0.25) is 0 Å². The number of rotatable bonds is 4. The molecule has 2 aromatic carbocycles. The SMILES string of the molecule is O=C(O)c1cccc(CNC(=O)[C@@H]2Cc3cccc(F)c3O2)c1. The summed E-state index contributed by atoms with van der Waals surface area (Å²) in [7, 11) is 0. The Morgan fingerprint density at radius 3 is 2.78 bits per heavy atom. The first-order chi connectivity index (χ1) is 11.0. The molecule has 2 aromatic rings. The fraction of sp³-hybridized carbons (Fsp3) is 0.176. The number of hydrogen-bond acceptors (Lipinski definition) is 3. The molecule has 0 aliphatic carbocycles. The molecule has 6 heteroatoms. The van der Waals surface area contributed by atoms with E-state index in [2.05, 4.69) is 5.32 Å². The van der Waals surface area contributed by atoms with Gasteiger partial charge in [0.1, 0.15) is 0 Å². The first-order valence-corrected chi connectivity index (χ1v) is 7.08. The largest absolute Gasteiger partial charge is 0.478 e. The molecule has 0 saturated carbocycles. The summed E-state index contributed by atoms with van der Waals surface area (Å²) in [6, 6.07) is 10.9. The van der Waals surface area contributed by atoms with Gasteiger partial charge in [-0.25, -0.2) is 9.18 Å². The van der Waals surface area contributed by atoms with Crippen molar-refractivity contribution in [2.45, 2.75) is 19.1 Å². The number of carboxylic acids is 1. The van der Waals surface area contributed by atoms with Crippen molar-refractivity contribution in [1.29, 1.82) is 0 Å². The summed E-state index contributed by atoms with van der Waals surface area (Å²) < 4.78 is 19.0. The maximum atomic E-state index is 13.6. The molecular formula is C17H14FNO4. The van der Waals surface area contributed by atoms with E-state index in [1.165, 1.54) is 18.2 Å². The van der Waals surface area contributed by atoms with Gasteiger partial charge in [0.2, 0.25) is 0 Å². The minimum Gasteiger partial charge on any atom is -0.478 e. The normalized spacial score (nSPS) is 15.6. The van der Waals surface area contributed by atoms with E-state index in [1.54, 1.807) is 24.3 Å². The van der Waals surface area contributed by atoms with Crippen molar-refractivity contribution < 1.29 is 23.8 Å². The second kappa shape index (κ2) is 6.08. The molecule has 5 nitrogen and oxygen atoms in total. The molecule has 0 aromatic heterocycles. The average Bonchev–Trinajstić information content (AvgIpc) is 2.98. The van der Waals surface area contributed by atoms with Crippen molar-refractivity contribution in [3.63, 3.8) is 0 Å². The molecule has 2 N–H and O–H groups in total. The zero-order valence-electron chi connectivity index (χ0n) is 12.1. The lowest BCUT2D eigenvalue weighted by Gasteiger charge is -2.11. The van der Waals surface area contributed by atoms with Gasteiger partial charge in [-0.2, -0.15) is 0 Å². The van der Waals surface area contributed by atoms with Gasteiger partial charge in [-0.1, -0.05) is 24.3 Å². The third-order valence-electron chi connectivity index (χ3n) is 3.65. The van der Waals surface area contributed by atoms with Crippen molar-refractivity contribution in [2.75, 3.05) is 0 Å². The first kappa shape index (κ1) is 15.0. The molecule has 3 rings (SSSR count). The van der Waals surface area contributed by atoms with Gasteiger partial charge in [-0.05, 0) is 23.8 Å². The van der Waals surface area contributed by atoms with Crippen LogP contribution in [-0.2, 0) is 17.8 Å². The van der Waals surface area contributed by atoms with E-state index in [1.807, 2.05) is 0 Å². The molecule has 23 heavy (non-hydrogen) atoms. The van der Waals surface area contributed by atoms with Gasteiger partial charge in [0, 0.05) is 18.5 Å². The summed E-state index contributed by atoms with van der Waals surface area (Å²) in [5, 5.41) is 11.6. The third kappa shape index (κ3) is 3.15. The summed E-state index contributed by atoms with van der Waals surface area (Å²) in [6.07, 6.45) is -0.460. The second-order valence-electron chi connectivity index (χ2n) is 5.26. The van der Waals surface area contributed by atoms with Crippen LogP contribution in [0.5, 0.6) is 5.75 Å². The van der Waals surface area contributed by atoms with Gasteiger partial charge in [0.05, 0.1) is 5.56 Å². The standard InChI is InChI=1S/C17H14FNO4/c18-13-6-2-4-11-8-14(23-15(11)13)16(20)19-9-10-3-1-5-12(7-10)17(21)22/h1-7,14H,8-9H2,(H,19,20)(H,21,22)/t14-/m0/s1. The molecule has 0 unspecified atom stereocenters. The zero-order valence-corrected chi connectivity index (χ0v) is 12.1. The monoisotopic (exact) mass is 315 g/mol. The van der Waals surface area contributed by atoms with Crippen molar-refractivity contribution in [3.05, 3.63) is 65.0 Å². The number of fused-ring (bicyclic) bond motifs is 1. The molecule has 0 radical (unpaired) electrons. The number of carboxylic acid groups (broad SMARTS) is 1. The molecular weight excluding hydrogens is 301 g/mol. The Morgan fingerprint density at radius 2 is 2.04 bits per heavy atom. The van der Waals surface area contributed by atoms with Gasteiger partial charge < -0.3 is 15.2 Å². The smallest absolute Gasteiger partial charge is 0.335 e. The molecule has 1 aliphatic heterocycles. The number of carbonyl (C=O) groups excluding carboxylic acids is 1. The van der Waals surface area contributed by atoms with Crippen LogP contribution >= 0.6 is 0 Å². The van der Waals surface area contributed by atoms with Gasteiger partial charge in [0.15, 0.2) is 17.7 Å². The minimum atomic E-state index is -1.02. The number of ether oxygens (including phenoxy) is 1. The minimum absolute atomic E-state index is 0.125. The lowest BCUT2D eigenvalue weighted by Crippen LogP contribution is -2.37. The molecule has 1 atom stereocenters. The van der Waals surface area contributed by atoms with Crippen LogP contribution in [0.25, 0.3) is 0 Å². The van der Waals surface area contributed by atoms with Crippen LogP contribution < -0.4 is 10.1 Å². The van der Waals surface area contributed by atoms with Gasteiger partial charge >= 0.3 is 5.97 Å². The topological polar surface area (TPSA) is 75.6 Å². The number of halogens is 1. The molecule has 1 aliphatic rings. The van der Waals surface area contributed by atoms with E-state index in [0.717, 1.165) is 0 Å². The number of para-hydroxylation sites is 1. The molecule has 118 valence electrons. The van der Waals surface area contributed by atoms with Crippen molar-refractivity contribution >= 4 is 11.9 Å². The highest BCUT2D eigenvalue weighted by atomic mass is 19.1. The Kier molecular flexibility index (Phi) is 3.97. The van der Waals surface area contributed by atoms with E-state index in [-0.39, 0.29) is 23.8 Å². The van der Waals surface area contributed by atoms with E-state index in [4.69, 9.17) is 9.84 Å². The van der Waals surface area contributed by atoms with Gasteiger partial charge in [0.25, 0.3) is 5.91 Å². The van der Waals surface area contributed by atoms with E-state index < -0.39 is 17.9 Å². The molecule has 1 heterocycles. The van der Waals surface area contributed by atoms with Crippen LogP contribution in [0.15, 0.2) is 42.5 Å². The first-order valence-electron chi connectivity index (χ1n) is 7.08. The second-order valence-corrected chi connectivity index (χ2v) is 5.26. The average molecular weight is 315 g/mol. The van der Waals surface area contributed by atoms with E-state index in [0.29, 0.717) is 17.5 Å². The number of carbonyl (C=O) groups is 2. The fourth-order valence-corrected chi connectivity index (χ4v) is 2.49. The van der Waals surface area contributed by atoms with Crippen LogP contribution in [0.4, 0.5) is 4.39 Å². The summed E-state index contributed by atoms with van der Waals surface area (Å²) in [5.41, 5.74) is 1.49. The van der Waals surface area contributed by atoms with Gasteiger partial charge in [-0.15, -0.1) is 0 Å². The Morgan fingerprint density at radius 1 is 1.26 bits per heavy atom. The van der Waals surface area contributed by atoms with Crippen molar-refractivity contribution in [3.8, 4) is 5.75 Å². The number of nitrogens with one attached hydrogen (secondary N) is 1. The number of amides is 1. The maximum absolute atomic E-state index is 13.6. The maximum Gasteiger partial charge on any atom is 0.335 e. The number of benzene rings is 2. The highest BCUT2D eigenvalue weighted by Crippen LogP contribution is 2.31. The Hall–Kier alpha value is -2.89. The molecule has 0 saturated heterocycles. The summed E-state index contributed by atoms with van der Waals surface area (Å²) in [6.45, 7) is 0.179. The van der Waals surface area contributed by atoms with E-state index in [9.17, 15) is 14.0 Å². The Labute approximate surface area is 131 Å². The van der Waals surface area contributed by atoms with E-state index >= 15 is 0 Å². The van der Waals surface area contributed by atoms with Crippen LogP contribution in [0, 0.1) is 5.82 Å². The van der Waals surface area contributed by atoms with Crippen molar-refractivity contribution in [2.24, 2.45) is 0 Å². The molecule has 0 spiro atoms. The summed E-state index contributed by atoms with van der Waals surface area (Å²) in [4.78, 5) is 23.1. The summed E-state index contributed by atoms with van der Waals surface area (Å²) in [5.74, 6) is -1.74. The summed E-state index contributed by atoms with van der Waals surface area (Å²) >= 11 is 0.